The molecule has 1 aromatic heterocycles. The van der Waals surface area contributed by atoms with Crippen LogP contribution in [-0.2, 0) is 7.05 Å². The van der Waals surface area contributed by atoms with Gasteiger partial charge in [-0.15, -0.1) is 0 Å². The third-order valence-electron chi connectivity index (χ3n) is 4.29. The van der Waals surface area contributed by atoms with Gasteiger partial charge in [0, 0.05) is 13.6 Å². The molecule has 0 aliphatic carbocycles. The van der Waals surface area contributed by atoms with Crippen molar-refractivity contribution in [3.8, 4) is 0 Å². The summed E-state index contributed by atoms with van der Waals surface area (Å²) in [7, 11) is 1.55. The molecule has 0 saturated carbocycles. The van der Waals surface area contributed by atoms with Gasteiger partial charge in [-0.05, 0) is 32.3 Å². The Hall–Kier alpha value is -1.69. The molecule has 0 bridgehead atoms. The molecule has 6 heteroatoms. The largest absolute Gasteiger partial charge is 0.394 e. The highest BCUT2D eigenvalue weighted by Crippen LogP contribution is 2.19. The van der Waals surface area contributed by atoms with Crippen molar-refractivity contribution in [2.75, 3.05) is 13.2 Å². The molecule has 0 radical (unpaired) electrons. The molecule has 21 heavy (non-hydrogen) atoms. The van der Waals surface area contributed by atoms with E-state index in [1.165, 1.54) is 4.68 Å². The number of amides is 1. The van der Waals surface area contributed by atoms with Gasteiger partial charge in [-0.3, -0.25) is 9.59 Å². The normalized spacial score (nSPS) is 19.4. The highest BCUT2D eigenvalue weighted by Gasteiger charge is 2.29. The summed E-state index contributed by atoms with van der Waals surface area (Å²) >= 11 is 0. The number of aliphatic hydroxyl groups excluding tert-OH is 1. The van der Waals surface area contributed by atoms with E-state index in [2.05, 4.69) is 5.10 Å². The molecule has 1 aromatic rings. The third-order valence-corrected chi connectivity index (χ3v) is 4.29. The number of hydrogen-bond acceptors (Lipinski definition) is 4. The molecule has 2 heterocycles. The van der Waals surface area contributed by atoms with Crippen LogP contribution in [0.25, 0.3) is 0 Å². The molecule has 1 saturated heterocycles. The summed E-state index contributed by atoms with van der Waals surface area (Å²) in [4.78, 5) is 26.8. The fourth-order valence-electron chi connectivity index (χ4n) is 2.88. The third kappa shape index (κ3) is 3.00. The molecule has 1 aliphatic heterocycles. The molecule has 0 spiro atoms. The number of aliphatic hydroxyl groups is 1. The summed E-state index contributed by atoms with van der Waals surface area (Å²) in [6.45, 7) is 4.07. The lowest BCUT2D eigenvalue weighted by Gasteiger charge is -2.29. The second-order valence-electron chi connectivity index (χ2n) is 5.70. The molecule has 1 atom stereocenters. The summed E-state index contributed by atoms with van der Waals surface area (Å²) in [5.74, 6) is -0.278. The van der Waals surface area contributed by atoms with Crippen molar-refractivity contribution in [3.05, 3.63) is 27.2 Å². The number of aryl methyl sites for hydroxylation is 2. The van der Waals surface area contributed by atoms with Crippen LogP contribution in [0.1, 0.15) is 47.3 Å². The van der Waals surface area contributed by atoms with Crippen molar-refractivity contribution >= 4 is 5.91 Å². The van der Waals surface area contributed by atoms with Crippen LogP contribution < -0.4 is 5.56 Å². The second kappa shape index (κ2) is 6.39. The quantitative estimate of drug-likeness (QED) is 0.874. The summed E-state index contributed by atoms with van der Waals surface area (Å²) in [6.07, 6.45) is 3.74. The first-order valence-electron chi connectivity index (χ1n) is 7.43. The Bertz CT molecular complexity index is 595. The van der Waals surface area contributed by atoms with Crippen molar-refractivity contribution in [1.29, 1.82) is 0 Å². The van der Waals surface area contributed by atoms with Crippen LogP contribution in [0.3, 0.4) is 0 Å². The van der Waals surface area contributed by atoms with Gasteiger partial charge in [0.25, 0.3) is 11.5 Å². The Labute approximate surface area is 124 Å². The van der Waals surface area contributed by atoms with Crippen LogP contribution in [-0.4, -0.2) is 44.9 Å². The van der Waals surface area contributed by atoms with Gasteiger partial charge in [0.05, 0.1) is 18.3 Å². The zero-order valence-electron chi connectivity index (χ0n) is 12.9. The molecule has 1 N–H and O–H groups in total. The average molecular weight is 293 g/mol. The lowest BCUT2D eigenvalue weighted by Crippen LogP contribution is -2.45. The summed E-state index contributed by atoms with van der Waals surface area (Å²) in [5, 5.41) is 13.6. The van der Waals surface area contributed by atoms with Crippen LogP contribution in [0.5, 0.6) is 0 Å². The number of nitrogens with zero attached hydrogens (tertiary/aromatic N) is 3. The minimum Gasteiger partial charge on any atom is -0.394 e. The van der Waals surface area contributed by atoms with Crippen LogP contribution >= 0.6 is 0 Å². The monoisotopic (exact) mass is 293 g/mol. The van der Waals surface area contributed by atoms with Crippen LogP contribution in [0.2, 0.25) is 0 Å². The summed E-state index contributed by atoms with van der Waals surface area (Å²) in [5.41, 5.74) is 1.12. The average Bonchev–Trinajstić information content (AvgIpc) is 2.70. The standard InChI is InChI=1S/C15H23N3O3/c1-10-11(2)16-17(3)14(20)13(10)15(21)18-8-6-4-5-7-12(18)9-19/h12,19H,4-9H2,1-3H3. The van der Waals surface area contributed by atoms with Gasteiger partial charge < -0.3 is 10.0 Å². The number of carbonyl (C=O) groups is 1. The van der Waals surface area contributed by atoms with Gasteiger partial charge in [0.1, 0.15) is 5.56 Å². The highest BCUT2D eigenvalue weighted by atomic mass is 16.3. The predicted octanol–water partition coefficient (Wildman–Crippen LogP) is 0.774. The van der Waals surface area contributed by atoms with E-state index in [4.69, 9.17) is 0 Å². The van der Waals surface area contributed by atoms with E-state index in [0.717, 1.165) is 25.7 Å². The van der Waals surface area contributed by atoms with Crippen LogP contribution in [0.15, 0.2) is 4.79 Å². The van der Waals surface area contributed by atoms with E-state index in [9.17, 15) is 14.7 Å². The number of hydrogen-bond donors (Lipinski definition) is 1. The Morgan fingerprint density at radius 2 is 2.05 bits per heavy atom. The van der Waals surface area contributed by atoms with Gasteiger partial charge in [-0.25, -0.2) is 4.68 Å². The zero-order valence-corrected chi connectivity index (χ0v) is 12.9. The summed E-state index contributed by atoms with van der Waals surface area (Å²) < 4.78 is 1.21. The minimum absolute atomic E-state index is 0.0603. The van der Waals surface area contributed by atoms with Crippen molar-refractivity contribution in [2.45, 2.75) is 45.6 Å². The first-order chi connectivity index (χ1) is 9.97. The van der Waals surface area contributed by atoms with Gasteiger partial charge in [-0.1, -0.05) is 12.8 Å². The van der Waals surface area contributed by atoms with E-state index >= 15 is 0 Å². The smallest absolute Gasteiger partial charge is 0.279 e. The molecule has 1 unspecified atom stereocenters. The molecule has 2 rings (SSSR count). The fraction of sp³-hybridized carbons (Fsp3) is 0.667. The number of rotatable bonds is 2. The van der Waals surface area contributed by atoms with Crippen molar-refractivity contribution in [1.82, 2.24) is 14.7 Å². The maximum atomic E-state index is 12.8. The highest BCUT2D eigenvalue weighted by molar-refractivity contribution is 5.95. The lowest BCUT2D eigenvalue weighted by atomic mass is 10.1. The molecular weight excluding hydrogens is 270 g/mol. The van der Waals surface area contributed by atoms with E-state index in [1.54, 1.807) is 25.8 Å². The van der Waals surface area contributed by atoms with Gasteiger partial charge in [0.15, 0.2) is 0 Å². The molecule has 1 aliphatic rings. The van der Waals surface area contributed by atoms with Crippen LogP contribution in [0.4, 0.5) is 0 Å². The number of aromatic nitrogens is 2. The maximum Gasteiger partial charge on any atom is 0.279 e. The maximum absolute atomic E-state index is 12.8. The van der Waals surface area contributed by atoms with Gasteiger partial charge >= 0.3 is 0 Å². The zero-order chi connectivity index (χ0) is 15.6. The van der Waals surface area contributed by atoms with Gasteiger partial charge in [-0.2, -0.15) is 5.10 Å². The van der Waals surface area contributed by atoms with Crippen molar-refractivity contribution in [3.63, 3.8) is 0 Å². The molecular formula is C15H23N3O3. The Morgan fingerprint density at radius 1 is 1.33 bits per heavy atom. The van der Waals surface area contributed by atoms with E-state index in [0.29, 0.717) is 17.8 Å². The van der Waals surface area contributed by atoms with Gasteiger partial charge in [0.2, 0.25) is 0 Å². The predicted molar refractivity (Wildman–Crippen MR) is 79.3 cm³/mol. The molecule has 116 valence electrons. The van der Waals surface area contributed by atoms with E-state index in [1.807, 2.05) is 0 Å². The summed E-state index contributed by atoms with van der Waals surface area (Å²) in [6, 6.07) is -0.197. The minimum atomic E-state index is -0.371. The lowest BCUT2D eigenvalue weighted by molar-refractivity contribution is 0.0596. The molecule has 6 nitrogen and oxygen atoms in total. The first kappa shape index (κ1) is 15.7. The van der Waals surface area contributed by atoms with E-state index in [-0.39, 0.29) is 29.7 Å². The molecule has 1 fully saturated rings. The SMILES string of the molecule is Cc1nn(C)c(=O)c(C(=O)N2CCCCCC2CO)c1C. The second-order valence-corrected chi connectivity index (χ2v) is 5.70. The van der Waals surface area contributed by atoms with Crippen molar-refractivity contribution < 1.29 is 9.90 Å². The number of carbonyl (C=O) groups excluding carboxylic acids is 1. The molecule has 0 aromatic carbocycles. The van der Waals surface area contributed by atoms with Crippen molar-refractivity contribution in [2.24, 2.45) is 7.05 Å². The number of likely N-dealkylation sites (tertiary alicyclic amines) is 1. The first-order valence-corrected chi connectivity index (χ1v) is 7.43. The van der Waals surface area contributed by atoms with Crippen LogP contribution in [0, 0.1) is 13.8 Å². The topological polar surface area (TPSA) is 75.4 Å². The Kier molecular flexibility index (Phi) is 4.77. The molecule has 1 amide bonds. The van der Waals surface area contributed by atoms with E-state index < -0.39 is 0 Å². The Balaban J connectivity index is 2.45. The fourth-order valence-corrected chi connectivity index (χ4v) is 2.88. The Morgan fingerprint density at radius 3 is 2.71 bits per heavy atom.